The summed E-state index contributed by atoms with van der Waals surface area (Å²) in [4.78, 5) is 22.6. The molecule has 7 nitrogen and oxygen atoms in total. The lowest BCUT2D eigenvalue weighted by molar-refractivity contribution is -0.139. The van der Waals surface area contributed by atoms with Crippen molar-refractivity contribution in [2.45, 2.75) is 45.1 Å². The van der Waals surface area contributed by atoms with Crippen molar-refractivity contribution in [1.29, 1.82) is 0 Å². The molecule has 0 rings (SSSR count). The molecule has 3 N–H and O–H groups in total. The lowest BCUT2D eigenvalue weighted by Gasteiger charge is -2.15. The molecule has 0 aliphatic carbocycles. The number of hydrogen-bond donors (Lipinski definition) is 3. The standard InChI is InChI=1S/C14H28N2O5/c1-3-4-10-21-11-6-8-15-14(19)16-12(13(17)18)7-5-9-20-2/h12H,3-11H2,1-2H3,(H,17,18)(H2,15,16,19). The van der Waals surface area contributed by atoms with E-state index in [-0.39, 0.29) is 0 Å². The van der Waals surface area contributed by atoms with E-state index in [1.807, 2.05) is 0 Å². The number of hydrogen-bond acceptors (Lipinski definition) is 4. The Morgan fingerprint density at radius 2 is 1.86 bits per heavy atom. The first-order valence-electron chi connectivity index (χ1n) is 7.45. The summed E-state index contributed by atoms with van der Waals surface area (Å²) in [6.07, 6.45) is 3.77. The van der Waals surface area contributed by atoms with Crippen LogP contribution in [0.25, 0.3) is 0 Å². The van der Waals surface area contributed by atoms with E-state index in [0.717, 1.165) is 19.4 Å². The number of carbonyl (C=O) groups excluding carboxylic acids is 1. The summed E-state index contributed by atoms with van der Waals surface area (Å²) in [6, 6.07) is -1.35. The molecule has 0 aromatic carbocycles. The highest BCUT2D eigenvalue weighted by atomic mass is 16.5. The van der Waals surface area contributed by atoms with Gasteiger partial charge in [0.2, 0.25) is 0 Å². The van der Waals surface area contributed by atoms with Gasteiger partial charge in [-0.2, -0.15) is 0 Å². The SMILES string of the molecule is CCCCOCCCNC(=O)NC(CCCOC)C(=O)O. The minimum absolute atomic E-state index is 0.344. The molecular weight excluding hydrogens is 276 g/mol. The molecule has 0 aliphatic rings. The molecule has 2 amide bonds. The second-order valence-electron chi connectivity index (χ2n) is 4.75. The summed E-state index contributed by atoms with van der Waals surface area (Å²) < 4.78 is 10.2. The molecule has 1 unspecified atom stereocenters. The number of urea groups is 1. The van der Waals surface area contributed by atoms with Crippen LogP contribution >= 0.6 is 0 Å². The van der Waals surface area contributed by atoms with Crippen LogP contribution in [0.1, 0.15) is 39.0 Å². The summed E-state index contributed by atoms with van der Waals surface area (Å²) >= 11 is 0. The second-order valence-corrected chi connectivity index (χ2v) is 4.75. The van der Waals surface area contributed by atoms with E-state index in [1.54, 1.807) is 7.11 Å². The van der Waals surface area contributed by atoms with Crippen molar-refractivity contribution in [3.05, 3.63) is 0 Å². The number of unbranched alkanes of at least 4 members (excludes halogenated alkanes) is 1. The Labute approximate surface area is 126 Å². The summed E-state index contributed by atoms with van der Waals surface area (Å²) in [5, 5.41) is 14.1. The Hall–Kier alpha value is -1.34. The fourth-order valence-corrected chi connectivity index (χ4v) is 1.62. The van der Waals surface area contributed by atoms with Crippen LogP contribution in [0.2, 0.25) is 0 Å². The van der Waals surface area contributed by atoms with Gasteiger partial charge in [0.25, 0.3) is 0 Å². The van der Waals surface area contributed by atoms with Crippen molar-refractivity contribution >= 4 is 12.0 Å². The fraction of sp³-hybridized carbons (Fsp3) is 0.857. The summed E-state index contributed by atoms with van der Waals surface area (Å²) in [5.74, 6) is -1.04. The number of carboxylic acid groups (broad SMARTS) is 1. The number of aliphatic carboxylic acids is 1. The summed E-state index contributed by atoms with van der Waals surface area (Å²) in [6.45, 7) is 4.37. The Bertz CT molecular complexity index is 287. The third-order valence-electron chi connectivity index (χ3n) is 2.84. The van der Waals surface area contributed by atoms with Gasteiger partial charge in [-0.1, -0.05) is 13.3 Å². The molecule has 0 saturated heterocycles. The van der Waals surface area contributed by atoms with Crippen molar-refractivity contribution in [2.24, 2.45) is 0 Å². The molecule has 0 aliphatic heterocycles. The van der Waals surface area contributed by atoms with Crippen LogP contribution in [0.15, 0.2) is 0 Å². The first-order valence-corrected chi connectivity index (χ1v) is 7.45. The van der Waals surface area contributed by atoms with Gasteiger partial charge >= 0.3 is 12.0 Å². The van der Waals surface area contributed by atoms with E-state index < -0.39 is 18.0 Å². The smallest absolute Gasteiger partial charge is 0.326 e. The molecule has 7 heteroatoms. The van der Waals surface area contributed by atoms with E-state index in [1.165, 1.54) is 0 Å². The number of rotatable bonds is 13. The molecule has 0 spiro atoms. The van der Waals surface area contributed by atoms with Crippen LogP contribution in [0, 0.1) is 0 Å². The van der Waals surface area contributed by atoms with Crippen molar-refractivity contribution in [3.63, 3.8) is 0 Å². The van der Waals surface area contributed by atoms with E-state index in [9.17, 15) is 9.59 Å². The number of carbonyl (C=O) groups is 2. The maximum Gasteiger partial charge on any atom is 0.326 e. The number of methoxy groups -OCH3 is 1. The average molecular weight is 304 g/mol. The van der Waals surface area contributed by atoms with Gasteiger partial charge in [0.05, 0.1) is 0 Å². The van der Waals surface area contributed by atoms with E-state index >= 15 is 0 Å². The van der Waals surface area contributed by atoms with Crippen molar-refractivity contribution in [3.8, 4) is 0 Å². The maximum absolute atomic E-state index is 11.6. The minimum atomic E-state index is -1.04. The van der Waals surface area contributed by atoms with Gasteiger partial charge in [-0.25, -0.2) is 9.59 Å². The highest BCUT2D eigenvalue weighted by molar-refractivity contribution is 5.82. The zero-order valence-corrected chi connectivity index (χ0v) is 13.0. The zero-order chi connectivity index (χ0) is 15.9. The number of amides is 2. The molecule has 21 heavy (non-hydrogen) atoms. The molecule has 0 bridgehead atoms. The van der Waals surface area contributed by atoms with Crippen molar-refractivity contribution < 1.29 is 24.2 Å². The van der Waals surface area contributed by atoms with Gasteiger partial charge in [-0.3, -0.25) is 0 Å². The highest BCUT2D eigenvalue weighted by Crippen LogP contribution is 1.98. The molecular formula is C14H28N2O5. The third-order valence-corrected chi connectivity index (χ3v) is 2.84. The molecule has 0 aromatic rings. The van der Waals surface area contributed by atoms with Gasteiger partial charge in [0.1, 0.15) is 6.04 Å². The quantitative estimate of drug-likeness (QED) is 0.447. The number of ether oxygens (including phenoxy) is 2. The molecule has 1 atom stereocenters. The zero-order valence-electron chi connectivity index (χ0n) is 13.0. The minimum Gasteiger partial charge on any atom is -0.480 e. The van der Waals surface area contributed by atoms with Crippen LogP contribution in [-0.2, 0) is 14.3 Å². The van der Waals surface area contributed by atoms with Gasteiger partial charge in [0, 0.05) is 33.5 Å². The fourth-order valence-electron chi connectivity index (χ4n) is 1.62. The molecule has 0 aromatic heterocycles. The Balaban J connectivity index is 3.70. The van der Waals surface area contributed by atoms with Crippen molar-refractivity contribution in [1.82, 2.24) is 10.6 Å². The molecule has 0 radical (unpaired) electrons. The van der Waals surface area contributed by atoms with Crippen LogP contribution in [0.4, 0.5) is 4.79 Å². The average Bonchev–Trinajstić information content (AvgIpc) is 2.45. The molecule has 0 saturated carbocycles. The third kappa shape index (κ3) is 12.1. The first-order chi connectivity index (χ1) is 10.1. The topological polar surface area (TPSA) is 96.9 Å². The van der Waals surface area contributed by atoms with Crippen LogP contribution in [0.3, 0.4) is 0 Å². The predicted octanol–water partition coefficient (Wildman–Crippen LogP) is 1.37. The van der Waals surface area contributed by atoms with Crippen LogP contribution in [0.5, 0.6) is 0 Å². The normalized spacial score (nSPS) is 11.9. The number of carboxylic acids is 1. The van der Waals surface area contributed by atoms with E-state index in [0.29, 0.717) is 39.0 Å². The van der Waals surface area contributed by atoms with Crippen LogP contribution < -0.4 is 10.6 Å². The monoisotopic (exact) mass is 304 g/mol. The molecule has 124 valence electrons. The lowest BCUT2D eigenvalue weighted by atomic mass is 10.1. The predicted molar refractivity (Wildman–Crippen MR) is 79.4 cm³/mol. The van der Waals surface area contributed by atoms with Gasteiger partial charge in [-0.15, -0.1) is 0 Å². The maximum atomic E-state index is 11.6. The van der Waals surface area contributed by atoms with Crippen molar-refractivity contribution in [2.75, 3.05) is 33.5 Å². The van der Waals surface area contributed by atoms with E-state index in [4.69, 9.17) is 14.6 Å². The van der Waals surface area contributed by atoms with Crippen LogP contribution in [-0.4, -0.2) is 56.6 Å². The van der Waals surface area contributed by atoms with Gasteiger partial charge in [-0.05, 0) is 25.7 Å². The molecule has 0 heterocycles. The van der Waals surface area contributed by atoms with E-state index in [2.05, 4.69) is 17.6 Å². The summed E-state index contributed by atoms with van der Waals surface area (Å²) in [5.41, 5.74) is 0. The first kappa shape index (κ1) is 19.7. The Morgan fingerprint density at radius 1 is 1.14 bits per heavy atom. The Morgan fingerprint density at radius 3 is 2.48 bits per heavy atom. The lowest BCUT2D eigenvalue weighted by Crippen LogP contribution is -2.46. The number of nitrogens with one attached hydrogen (secondary N) is 2. The largest absolute Gasteiger partial charge is 0.480 e. The second kappa shape index (κ2) is 13.6. The van der Waals surface area contributed by atoms with Gasteiger partial charge in [0.15, 0.2) is 0 Å². The van der Waals surface area contributed by atoms with Gasteiger partial charge < -0.3 is 25.2 Å². The highest BCUT2D eigenvalue weighted by Gasteiger charge is 2.18. The molecule has 0 fully saturated rings. The summed E-state index contributed by atoms with van der Waals surface area (Å²) in [7, 11) is 1.55. The Kier molecular flexibility index (Phi) is 12.8.